The van der Waals surface area contributed by atoms with E-state index < -0.39 is 16.6 Å². The lowest BCUT2D eigenvalue weighted by Gasteiger charge is -1.96. The van der Waals surface area contributed by atoms with Crippen LogP contribution in [-0.2, 0) is 5.11 Å². The molecule has 1 radical (unpaired) electrons. The van der Waals surface area contributed by atoms with Gasteiger partial charge in [0.05, 0.1) is 10.5 Å². The molecule has 6 nitrogen and oxygen atoms in total. The number of non-ortho nitro benzene ring substituents is 1. The number of hydrogen-bond acceptors (Lipinski definition) is 3. The lowest BCUT2D eigenvalue weighted by Crippen LogP contribution is -2.11. The van der Waals surface area contributed by atoms with Gasteiger partial charge in [-0.25, -0.2) is 0 Å². The van der Waals surface area contributed by atoms with Crippen molar-refractivity contribution < 1.29 is 14.8 Å². The monoisotopic (exact) mass is 181 g/mol. The van der Waals surface area contributed by atoms with Gasteiger partial charge in [-0.15, -0.1) is 0 Å². The molecule has 2 N–H and O–H groups in total. The highest BCUT2D eigenvalue weighted by Gasteiger charge is 2.14. The number of benzene rings is 1. The highest BCUT2D eigenvalue weighted by atomic mass is 16.6. The number of primary amides is 1. The van der Waals surface area contributed by atoms with Crippen LogP contribution in [0.1, 0.15) is 10.4 Å². The standard InChI is InChI=1S/C7H5N2O4/c8-7(11)5-3-4(9(12)13)1-2-6(5)10/h1-3H,(H2,8,11). The highest BCUT2D eigenvalue weighted by Crippen LogP contribution is 2.22. The maximum absolute atomic E-state index is 10.9. The van der Waals surface area contributed by atoms with Gasteiger partial charge in [-0.3, -0.25) is 20.0 Å². The van der Waals surface area contributed by atoms with E-state index in [4.69, 9.17) is 5.73 Å². The normalized spacial score (nSPS) is 9.54. The zero-order valence-electron chi connectivity index (χ0n) is 6.39. The molecule has 0 heterocycles. The van der Waals surface area contributed by atoms with Gasteiger partial charge in [-0.1, -0.05) is 0 Å². The first-order valence-electron chi connectivity index (χ1n) is 3.27. The van der Waals surface area contributed by atoms with E-state index in [1.165, 1.54) is 0 Å². The third-order valence-corrected chi connectivity index (χ3v) is 1.44. The Hall–Kier alpha value is -2.11. The molecule has 1 aromatic rings. The molecule has 0 unspecified atom stereocenters. The number of hydrogen-bond donors (Lipinski definition) is 1. The molecule has 6 heteroatoms. The molecule has 0 bridgehead atoms. The Morgan fingerprint density at radius 2 is 2.08 bits per heavy atom. The molecule has 13 heavy (non-hydrogen) atoms. The predicted octanol–water partition coefficient (Wildman–Crippen LogP) is 0.837. The summed E-state index contributed by atoms with van der Waals surface area (Å²) in [5.74, 6) is -1.58. The Labute approximate surface area is 72.7 Å². The van der Waals surface area contributed by atoms with E-state index in [1.54, 1.807) is 0 Å². The molecule has 0 aliphatic rings. The fourth-order valence-electron chi connectivity index (χ4n) is 0.824. The third kappa shape index (κ3) is 1.73. The topological polar surface area (TPSA) is 106 Å². The summed E-state index contributed by atoms with van der Waals surface area (Å²) in [4.78, 5) is 20.1. The molecule has 0 saturated heterocycles. The first kappa shape index (κ1) is 8.98. The summed E-state index contributed by atoms with van der Waals surface area (Å²) < 4.78 is 0. The number of nitro benzene ring substituents is 1. The van der Waals surface area contributed by atoms with Crippen LogP contribution in [0.25, 0.3) is 0 Å². The van der Waals surface area contributed by atoms with Gasteiger partial charge in [-0.2, -0.15) is 0 Å². The SMILES string of the molecule is NC(=O)c1cc([N+](=O)[O-])ccc1[O]. The summed E-state index contributed by atoms with van der Waals surface area (Å²) in [6.07, 6.45) is 0. The van der Waals surface area contributed by atoms with Crippen molar-refractivity contribution in [1.29, 1.82) is 0 Å². The Morgan fingerprint density at radius 3 is 2.54 bits per heavy atom. The third-order valence-electron chi connectivity index (χ3n) is 1.44. The average molecular weight is 181 g/mol. The maximum atomic E-state index is 10.9. The van der Waals surface area contributed by atoms with Crippen LogP contribution in [0, 0.1) is 10.1 Å². The average Bonchev–Trinajstić information content (AvgIpc) is 2.04. The van der Waals surface area contributed by atoms with E-state index in [0.29, 0.717) is 0 Å². The molecule has 0 saturated carbocycles. The second kappa shape index (κ2) is 3.10. The summed E-state index contributed by atoms with van der Waals surface area (Å²) in [5, 5.41) is 21.2. The molecule has 0 aliphatic heterocycles. The van der Waals surface area contributed by atoms with Crippen LogP contribution in [-0.4, -0.2) is 10.8 Å². The second-order valence-electron chi connectivity index (χ2n) is 2.30. The van der Waals surface area contributed by atoms with Gasteiger partial charge >= 0.3 is 0 Å². The number of nitrogens with zero attached hydrogens (tertiary/aromatic N) is 1. The predicted molar refractivity (Wildman–Crippen MR) is 41.7 cm³/mol. The van der Waals surface area contributed by atoms with Gasteiger partial charge in [0.15, 0.2) is 5.75 Å². The molecule has 0 aromatic heterocycles. The Kier molecular flexibility index (Phi) is 2.14. The first-order chi connectivity index (χ1) is 6.02. The Bertz CT molecular complexity index is 375. The Balaban J connectivity index is 3.27. The summed E-state index contributed by atoms with van der Waals surface area (Å²) in [6, 6.07) is 2.83. The first-order valence-corrected chi connectivity index (χ1v) is 3.27. The van der Waals surface area contributed by atoms with Crippen molar-refractivity contribution in [1.82, 2.24) is 0 Å². The summed E-state index contributed by atoms with van der Waals surface area (Å²) in [6.45, 7) is 0. The molecule has 1 rings (SSSR count). The largest absolute Gasteiger partial charge is 0.365 e. The number of nitro groups is 1. The van der Waals surface area contributed by atoms with Gasteiger partial charge in [0.25, 0.3) is 11.6 Å². The molecule has 0 aliphatic carbocycles. The Morgan fingerprint density at radius 1 is 1.46 bits per heavy atom. The van der Waals surface area contributed by atoms with Crippen LogP contribution in [0.15, 0.2) is 18.2 Å². The molecule has 0 fully saturated rings. The zero-order valence-corrected chi connectivity index (χ0v) is 6.39. The zero-order chi connectivity index (χ0) is 10.0. The fourth-order valence-corrected chi connectivity index (χ4v) is 0.824. The van der Waals surface area contributed by atoms with Crippen LogP contribution in [0.4, 0.5) is 5.69 Å². The van der Waals surface area contributed by atoms with Crippen LogP contribution >= 0.6 is 0 Å². The van der Waals surface area contributed by atoms with Crippen molar-refractivity contribution in [2.75, 3.05) is 0 Å². The smallest absolute Gasteiger partial charge is 0.270 e. The number of carbonyl (C=O) groups is 1. The lowest BCUT2D eigenvalue weighted by molar-refractivity contribution is -0.384. The number of amides is 1. The van der Waals surface area contributed by atoms with Crippen molar-refractivity contribution >= 4 is 11.6 Å². The second-order valence-corrected chi connectivity index (χ2v) is 2.30. The van der Waals surface area contributed by atoms with E-state index in [-0.39, 0.29) is 11.3 Å². The lowest BCUT2D eigenvalue weighted by atomic mass is 10.1. The minimum absolute atomic E-state index is 0.326. The molecular weight excluding hydrogens is 176 g/mol. The molecule has 1 amide bonds. The molecular formula is C7H5N2O4. The number of nitrogens with two attached hydrogens (primary N) is 1. The molecule has 0 atom stereocenters. The van der Waals surface area contributed by atoms with Crippen molar-refractivity contribution in [2.45, 2.75) is 0 Å². The van der Waals surface area contributed by atoms with Gasteiger partial charge < -0.3 is 5.73 Å². The van der Waals surface area contributed by atoms with E-state index in [2.05, 4.69) is 0 Å². The quantitative estimate of drug-likeness (QED) is 0.539. The summed E-state index contributed by atoms with van der Waals surface area (Å²) >= 11 is 0. The van der Waals surface area contributed by atoms with Gasteiger partial charge in [-0.05, 0) is 6.07 Å². The van der Waals surface area contributed by atoms with Crippen LogP contribution in [0.3, 0.4) is 0 Å². The minimum atomic E-state index is -0.964. The van der Waals surface area contributed by atoms with E-state index in [0.717, 1.165) is 18.2 Å². The van der Waals surface area contributed by atoms with Crippen molar-refractivity contribution in [3.8, 4) is 5.75 Å². The van der Waals surface area contributed by atoms with Crippen molar-refractivity contribution in [3.63, 3.8) is 0 Å². The fraction of sp³-hybridized carbons (Fsp3) is 0. The minimum Gasteiger partial charge on any atom is -0.365 e. The molecule has 1 aromatic carbocycles. The summed E-state index contributed by atoms with van der Waals surface area (Å²) in [5.41, 5.74) is 4.13. The highest BCUT2D eigenvalue weighted by molar-refractivity contribution is 5.96. The van der Waals surface area contributed by atoms with E-state index in [9.17, 15) is 20.0 Å². The van der Waals surface area contributed by atoms with Crippen molar-refractivity contribution in [3.05, 3.63) is 33.9 Å². The van der Waals surface area contributed by atoms with Crippen LogP contribution in [0.5, 0.6) is 5.75 Å². The van der Waals surface area contributed by atoms with E-state index in [1.807, 2.05) is 0 Å². The van der Waals surface area contributed by atoms with Gasteiger partial charge in [0.2, 0.25) is 0 Å². The van der Waals surface area contributed by atoms with E-state index >= 15 is 0 Å². The van der Waals surface area contributed by atoms with Crippen LogP contribution < -0.4 is 5.73 Å². The summed E-state index contributed by atoms with van der Waals surface area (Å²) in [7, 11) is 0. The number of rotatable bonds is 2. The van der Waals surface area contributed by atoms with Crippen LogP contribution in [0.2, 0.25) is 0 Å². The molecule has 67 valence electrons. The van der Waals surface area contributed by atoms with Gasteiger partial charge in [0, 0.05) is 12.1 Å². The maximum Gasteiger partial charge on any atom is 0.270 e. The van der Waals surface area contributed by atoms with Crippen molar-refractivity contribution in [2.24, 2.45) is 5.73 Å². The van der Waals surface area contributed by atoms with Gasteiger partial charge in [0.1, 0.15) is 0 Å². The molecule has 0 spiro atoms. The number of carbonyl (C=O) groups excluding carboxylic acids is 1.